The normalized spacial score (nSPS) is 12.2. The number of unbranched alkanes of at least 4 members (excludes halogenated alkanes) is 13. The van der Waals surface area contributed by atoms with E-state index in [9.17, 15) is 4.79 Å². The number of hydrogen-bond acceptors (Lipinski definition) is 1. The highest BCUT2D eigenvalue weighted by Gasteiger charge is 1.96. The lowest BCUT2D eigenvalue weighted by Gasteiger charge is -2.02. The van der Waals surface area contributed by atoms with Crippen LogP contribution in [-0.2, 0) is 4.79 Å². The monoisotopic (exact) mass is 370 g/mol. The summed E-state index contributed by atoms with van der Waals surface area (Å²) in [5.74, 6) is -0.848. The molecule has 0 aliphatic carbocycles. The van der Waals surface area contributed by atoms with Crippen molar-refractivity contribution in [2.45, 2.75) is 110 Å². The van der Waals surface area contributed by atoms with Gasteiger partial charge in [0.1, 0.15) is 0 Å². The predicted molar refractivity (Wildman–Crippen MR) is 110 cm³/mol. The van der Waals surface area contributed by atoms with Crippen LogP contribution in [0.3, 0.4) is 0 Å². The highest BCUT2D eigenvalue weighted by molar-refractivity contribution is 6.29. The number of aliphatic carboxylic acids is 1. The lowest BCUT2D eigenvalue weighted by Crippen LogP contribution is -1.86. The van der Waals surface area contributed by atoms with Crippen LogP contribution in [0.2, 0.25) is 0 Å². The molecule has 1 N–H and O–H groups in total. The number of halogens is 1. The Bertz CT molecular complexity index is 361. The van der Waals surface area contributed by atoms with Crippen molar-refractivity contribution in [2.75, 3.05) is 0 Å². The SMILES string of the molecule is CCCCCCCCC=C(Cl)CCCCCCCCC/C=C/C(=O)O. The zero-order chi connectivity index (χ0) is 18.6. The van der Waals surface area contributed by atoms with Gasteiger partial charge in [-0.05, 0) is 38.5 Å². The third-order valence-corrected chi connectivity index (χ3v) is 4.81. The molecule has 0 aromatic rings. The molecule has 3 heteroatoms. The average Bonchev–Trinajstić information content (AvgIpc) is 2.58. The molecule has 0 rings (SSSR count). The molecule has 0 aliphatic rings. The van der Waals surface area contributed by atoms with E-state index < -0.39 is 5.97 Å². The standard InChI is InChI=1S/C22H39ClO2/c1-2-3-4-5-9-12-15-18-21(23)19-16-13-10-7-6-8-11-14-17-20-22(24)25/h17-18,20H,2-16,19H2,1H3,(H,24,25)/b20-17+,21-18?. The molecule has 0 atom stereocenters. The predicted octanol–water partition coefficient (Wildman–Crippen LogP) is 8.01. The number of hydrogen-bond donors (Lipinski definition) is 1. The molecule has 25 heavy (non-hydrogen) atoms. The fourth-order valence-corrected chi connectivity index (χ4v) is 3.15. The van der Waals surface area contributed by atoms with E-state index in [2.05, 4.69) is 13.0 Å². The van der Waals surface area contributed by atoms with Crippen LogP contribution < -0.4 is 0 Å². The van der Waals surface area contributed by atoms with Gasteiger partial charge in [-0.3, -0.25) is 0 Å². The quantitative estimate of drug-likeness (QED) is 0.196. The molecule has 0 saturated carbocycles. The second-order valence-corrected chi connectivity index (χ2v) is 7.45. The van der Waals surface area contributed by atoms with Crippen LogP contribution in [-0.4, -0.2) is 11.1 Å². The molecule has 2 nitrogen and oxygen atoms in total. The Morgan fingerprint density at radius 2 is 1.32 bits per heavy atom. The molecule has 0 unspecified atom stereocenters. The van der Waals surface area contributed by atoms with Crippen molar-refractivity contribution in [3.05, 3.63) is 23.3 Å². The van der Waals surface area contributed by atoms with Gasteiger partial charge in [-0.1, -0.05) is 94.9 Å². The molecule has 0 amide bonds. The van der Waals surface area contributed by atoms with E-state index >= 15 is 0 Å². The van der Waals surface area contributed by atoms with Gasteiger partial charge in [-0.15, -0.1) is 0 Å². The zero-order valence-electron chi connectivity index (χ0n) is 16.3. The molecule has 0 heterocycles. The molecule has 0 saturated heterocycles. The third-order valence-electron chi connectivity index (χ3n) is 4.47. The summed E-state index contributed by atoms with van der Waals surface area (Å²) in [5.41, 5.74) is 0. The molecular weight excluding hydrogens is 332 g/mol. The molecule has 0 aliphatic heterocycles. The van der Waals surface area contributed by atoms with Crippen molar-refractivity contribution in [3.63, 3.8) is 0 Å². The zero-order valence-corrected chi connectivity index (χ0v) is 17.0. The molecular formula is C22H39ClO2. The summed E-state index contributed by atoms with van der Waals surface area (Å²) >= 11 is 6.29. The maximum absolute atomic E-state index is 10.3. The molecule has 0 bridgehead atoms. The van der Waals surface area contributed by atoms with E-state index in [-0.39, 0.29) is 0 Å². The van der Waals surface area contributed by atoms with E-state index in [1.165, 1.54) is 83.1 Å². The maximum atomic E-state index is 10.3. The highest BCUT2D eigenvalue weighted by Crippen LogP contribution is 2.17. The topological polar surface area (TPSA) is 37.3 Å². The van der Waals surface area contributed by atoms with Gasteiger partial charge in [0.2, 0.25) is 0 Å². The second-order valence-electron chi connectivity index (χ2n) is 6.96. The first-order valence-electron chi connectivity index (χ1n) is 10.4. The van der Waals surface area contributed by atoms with Crippen LogP contribution in [0.1, 0.15) is 110 Å². The Morgan fingerprint density at radius 3 is 1.92 bits per heavy atom. The smallest absolute Gasteiger partial charge is 0.327 e. The Morgan fingerprint density at radius 1 is 0.800 bits per heavy atom. The first kappa shape index (κ1) is 24.2. The minimum Gasteiger partial charge on any atom is -0.478 e. The number of rotatable bonds is 18. The molecule has 146 valence electrons. The van der Waals surface area contributed by atoms with Crippen LogP contribution >= 0.6 is 11.6 Å². The largest absolute Gasteiger partial charge is 0.478 e. The van der Waals surface area contributed by atoms with Gasteiger partial charge < -0.3 is 5.11 Å². The van der Waals surface area contributed by atoms with Gasteiger partial charge in [0.25, 0.3) is 0 Å². The highest BCUT2D eigenvalue weighted by atomic mass is 35.5. The molecule has 0 aromatic heterocycles. The van der Waals surface area contributed by atoms with E-state index in [0.717, 1.165) is 30.7 Å². The van der Waals surface area contributed by atoms with E-state index in [1.807, 2.05) is 0 Å². The first-order chi connectivity index (χ1) is 12.2. The van der Waals surface area contributed by atoms with Crippen molar-refractivity contribution in [1.29, 1.82) is 0 Å². The lowest BCUT2D eigenvalue weighted by molar-refractivity contribution is -0.131. The van der Waals surface area contributed by atoms with Crippen molar-refractivity contribution in [3.8, 4) is 0 Å². The summed E-state index contributed by atoms with van der Waals surface area (Å²) in [7, 11) is 0. The van der Waals surface area contributed by atoms with Crippen LogP contribution in [0.4, 0.5) is 0 Å². The van der Waals surface area contributed by atoms with Gasteiger partial charge in [-0.25, -0.2) is 4.79 Å². The van der Waals surface area contributed by atoms with Crippen molar-refractivity contribution >= 4 is 17.6 Å². The fourth-order valence-electron chi connectivity index (χ4n) is 2.91. The summed E-state index contributed by atoms with van der Waals surface area (Å²) in [6.07, 6.45) is 24.9. The summed E-state index contributed by atoms with van der Waals surface area (Å²) in [6, 6.07) is 0. The van der Waals surface area contributed by atoms with Crippen molar-refractivity contribution in [2.24, 2.45) is 0 Å². The van der Waals surface area contributed by atoms with Gasteiger partial charge in [-0.2, -0.15) is 0 Å². The summed E-state index contributed by atoms with van der Waals surface area (Å²) in [4.78, 5) is 10.3. The van der Waals surface area contributed by atoms with E-state index in [1.54, 1.807) is 6.08 Å². The van der Waals surface area contributed by atoms with Crippen LogP contribution in [0.15, 0.2) is 23.3 Å². The second kappa shape index (κ2) is 19.6. The number of allylic oxidation sites excluding steroid dienone is 3. The lowest BCUT2D eigenvalue weighted by atomic mass is 10.1. The summed E-state index contributed by atoms with van der Waals surface area (Å²) < 4.78 is 0. The van der Waals surface area contributed by atoms with E-state index in [4.69, 9.17) is 16.7 Å². The third kappa shape index (κ3) is 21.2. The average molecular weight is 371 g/mol. The number of carboxylic acid groups (broad SMARTS) is 1. The number of carboxylic acids is 1. The van der Waals surface area contributed by atoms with Gasteiger partial charge in [0.05, 0.1) is 0 Å². The Balaban J connectivity index is 3.29. The molecule has 0 spiro atoms. The summed E-state index contributed by atoms with van der Waals surface area (Å²) in [5, 5.41) is 9.53. The van der Waals surface area contributed by atoms with Gasteiger partial charge in [0, 0.05) is 11.1 Å². The fraction of sp³-hybridized carbons (Fsp3) is 0.773. The van der Waals surface area contributed by atoms with Gasteiger partial charge >= 0.3 is 5.97 Å². The Kier molecular flexibility index (Phi) is 19.0. The minimum atomic E-state index is -0.848. The van der Waals surface area contributed by atoms with Crippen molar-refractivity contribution < 1.29 is 9.90 Å². The minimum absolute atomic E-state index is 0.848. The molecule has 0 aromatic carbocycles. The van der Waals surface area contributed by atoms with Gasteiger partial charge in [0.15, 0.2) is 0 Å². The maximum Gasteiger partial charge on any atom is 0.327 e. The number of carbonyl (C=O) groups is 1. The summed E-state index contributed by atoms with van der Waals surface area (Å²) in [6.45, 7) is 2.26. The van der Waals surface area contributed by atoms with Crippen LogP contribution in [0.25, 0.3) is 0 Å². The molecule has 0 fully saturated rings. The Hall–Kier alpha value is -0.760. The first-order valence-corrected chi connectivity index (χ1v) is 10.8. The van der Waals surface area contributed by atoms with Crippen molar-refractivity contribution in [1.82, 2.24) is 0 Å². The molecule has 0 radical (unpaired) electrons. The van der Waals surface area contributed by atoms with Crippen LogP contribution in [0, 0.1) is 0 Å². The van der Waals surface area contributed by atoms with Crippen LogP contribution in [0.5, 0.6) is 0 Å². The Labute approximate surface area is 160 Å². The van der Waals surface area contributed by atoms with E-state index in [0.29, 0.717) is 0 Å².